The van der Waals surface area contributed by atoms with Gasteiger partial charge in [-0.2, -0.15) is 0 Å². The third-order valence-corrected chi connectivity index (χ3v) is 4.78. The molecule has 7 heteroatoms. The van der Waals surface area contributed by atoms with Crippen LogP contribution in [0.1, 0.15) is 16.1 Å². The Labute approximate surface area is 160 Å². The maximum absolute atomic E-state index is 12.3. The third-order valence-electron chi connectivity index (χ3n) is 3.62. The van der Waals surface area contributed by atoms with Gasteiger partial charge in [-0.1, -0.05) is 23.7 Å². The Morgan fingerprint density at radius 1 is 1.12 bits per heavy atom. The molecule has 0 aliphatic rings. The van der Waals surface area contributed by atoms with Crippen LogP contribution < -0.4 is 9.47 Å². The molecule has 1 heterocycles. The molecule has 0 saturated heterocycles. The van der Waals surface area contributed by atoms with Crippen molar-refractivity contribution in [2.24, 2.45) is 0 Å². The van der Waals surface area contributed by atoms with Crippen molar-refractivity contribution in [2.75, 3.05) is 14.2 Å². The summed E-state index contributed by atoms with van der Waals surface area (Å²) in [4.78, 5) is 16.8. The van der Waals surface area contributed by atoms with Crippen LogP contribution in [0, 0.1) is 0 Å². The monoisotopic (exact) mass is 389 g/mol. The zero-order valence-electron chi connectivity index (χ0n) is 14.2. The number of carbonyl (C=O) groups is 1. The lowest BCUT2D eigenvalue weighted by molar-refractivity contribution is 0.0465. The van der Waals surface area contributed by atoms with Crippen LogP contribution in [-0.2, 0) is 11.3 Å². The molecular weight excluding hydrogens is 374 g/mol. The molecule has 3 rings (SSSR count). The molecule has 0 saturated carbocycles. The number of thiazole rings is 1. The highest BCUT2D eigenvalue weighted by molar-refractivity contribution is 7.13. The molecule has 1 aromatic heterocycles. The Morgan fingerprint density at radius 2 is 1.88 bits per heavy atom. The lowest BCUT2D eigenvalue weighted by Crippen LogP contribution is -2.07. The van der Waals surface area contributed by atoms with Gasteiger partial charge in [-0.15, -0.1) is 11.3 Å². The molecule has 0 bridgehead atoms. The summed E-state index contributed by atoms with van der Waals surface area (Å²) in [6, 6.07) is 12.4. The van der Waals surface area contributed by atoms with Crippen molar-refractivity contribution in [3.63, 3.8) is 0 Å². The van der Waals surface area contributed by atoms with E-state index < -0.39 is 5.97 Å². The second-order valence-corrected chi connectivity index (χ2v) is 6.56. The van der Waals surface area contributed by atoms with Gasteiger partial charge in [-0.25, -0.2) is 9.78 Å². The van der Waals surface area contributed by atoms with Gasteiger partial charge in [0.05, 0.1) is 25.5 Å². The van der Waals surface area contributed by atoms with Gasteiger partial charge in [0.25, 0.3) is 0 Å². The van der Waals surface area contributed by atoms with E-state index >= 15 is 0 Å². The Bertz CT molecular complexity index is 925. The zero-order chi connectivity index (χ0) is 18.5. The summed E-state index contributed by atoms with van der Waals surface area (Å²) >= 11 is 7.41. The second kappa shape index (κ2) is 8.21. The van der Waals surface area contributed by atoms with Crippen LogP contribution in [0.25, 0.3) is 10.6 Å². The maximum atomic E-state index is 12.3. The minimum atomic E-state index is -0.517. The van der Waals surface area contributed by atoms with Crippen LogP contribution in [0.15, 0.2) is 47.8 Å². The van der Waals surface area contributed by atoms with Crippen LogP contribution in [0.5, 0.6) is 11.5 Å². The van der Waals surface area contributed by atoms with Gasteiger partial charge >= 0.3 is 5.97 Å². The van der Waals surface area contributed by atoms with E-state index in [2.05, 4.69) is 4.98 Å². The van der Waals surface area contributed by atoms with Crippen LogP contribution in [-0.4, -0.2) is 25.2 Å². The number of halogens is 1. The zero-order valence-corrected chi connectivity index (χ0v) is 15.8. The van der Waals surface area contributed by atoms with Gasteiger partial charge in [0.2, 0.25) is 0 Å². The van der Waals surface area contributed by atoms with Crippen molar-refractivity contribution < 1.29 is 19.0 Å². The predicted octanol–water partition coefficient (Wildman–Crippen LogP) is 4.84. The number of hydrogen-bond acceptors (Lipinski definition) is 6. The molecule has 3 aromatic rings. The predicted molar refractivity (Wildman–Crippen MR) is 101 cm³/mol. The fourth-order valence-electron chi connectivity index (χ4n) is 2.38. The summed E-state index contributed by atoms with van der Waals surface area (Å²) in [5.74, 6) is 0.637. The Hall–Kier alpha value is -2.57. The fraction of sp³-hybridized carbons (Fsp3) is 0.158. The number of hydrogen-bond donors (Lipinski definition) is 0. The quantitative estimate of drug-likeness (QED) is 0.565. The average Bonchev–Trinajstić information content (AvgIpc) is 3.14. The topological polar surface area (TPSA) is 57.7 Å². The van der Waals surface area contributed by atoms with E-state index in [1.165, 1.54) is 24.5 Å². The number of benzene rings is 2. The first-order valence-corrected chi connectivity index (χ1v) is 8.96. The number of methoxy groups -OCH3 is 2. The molecule has 0 amide bonds. The van der Waals surface area contributed by atoms with E-state index in [-0.39, 0.29) is 12.2 Å². The van der Waals surface area contributed by atoms with Gasteiger partial charge in [0.1, 0.15) is 28.7 Å². The number of aromatic nitrogens is 1. The number of para-hydroxylation sites is 1. The minimum absolute atomic E-state index is 0.0557. The molecule has 0 fully saturated rings. The minimum Gasteiger partial charge on any atom is -0.496 e. The molecule has 0 N–H and O–H groups in total. The summed E-state index contributed by atoms with van der Waals surface area (Å²) in [6.07, 6.45) is 0. The summed E-state index contributed by atoms with van der Waals surface area (Å²) in [5, 5.41) is 3.09. The van der Waals surface area contributed by atoms with E-state index in [1.54, 1.807) is 19.2 Å². The van der Waals surface area contributed by atoms with Crippen molar-refractivity contribution in [1.29, 1.82) is 0 Å². The van der Waals surface area contributed by atoms with E-state index in [0.717, 1.165) is 16.3 Å². The molecule has 0 aliphatic carbocycles. The number of rotatable bonds is 6. The van der Waals surface area contributed by atoms with Crippen LogP contribution in [0.2, 0.25) is 5.02 Å². The Balaban J connectivity index is 1.72. The molecule has 0 atom stereocenters. The molecule has 0 spiro atoms. The Kier molecular flexibility index (Phi) is 5.75. The number of nitrogens with zero attached hydrogens (tertiary/aromatic N) is 1. The maximum Gasteiger partial charge on any atom is 0.342 e. The molecule has 134 valence electrons. The summed E-state index contributed by atoms with van der Waals surface area (Å²) in [7, 11) is 3.10. The number of esters is 1. The van der Waals surface area contributed by atoms with Gasteiger partial charge in [-0.05, 0) is 30.3 Å². The molecule has 5 nitrogen and oxygen atoms in total. The van der Waals surface area contributed by atoms with Crippen molar-refractivity contribution in [2.45, 2.75) is 6.61 Å². The van der Waals surface area contributed by atoms with Crippen molar-refractivity contribution >= 4 is 28.9 Å². The van der Waals surface area contributed by atoms with Crippen LogP contribution >= 0.6 is 22.9 Å². The number of ether oxygens (including phenoxy) is 3. The molecule has 26 heavy (non-hydrogen) atoms. The van der Waals surface area contributed by atoms with Crippen molar-refractivity contribution in [1.82, 2.24) is 4.98 Å². The van der Waals surface area contributed by atoms with Gasteiger partial charge in [0, 0.05) is 10.4 Å². The highest BCUT2D eigenvalue weighted by atomic mass is 35.5. The lowest BCUT2D eigenvalue weighted by atomic mass is 10.2. The van der Waals surface area contributed by atoms with E-state index in [1.807, 2.05) is 29.6 Å². The summed E-state index contributed by atoms with van der Waals surface area (Å²) in [5.41, 5.74) is 1.83. The molecule has 2 aromatic carbocycles. The van der Waals surface area contributed by atoms with E-state index in [4.69, 9.17) is 25.8 Å². The lowest BCUT2D eigenvalue weighted by Gasteiger charge is -2.08. The van der Waals surface area contributed by atoms with Crippen LogP contribution in [0.3, 0.4) is 0 Å². The van der Waals surface area contributed by atoms with Crippen molar-refractivity contribution in [3.05, 3.63) is 64.1 Å². The van der Waals surface area contributed by atoms with E-state index in [0.29, 0.717) is 16.5 Å². The highest BCUT2D eigenvalue weighted by Gasteiger charge is 2.16. The third kappa shape index (κ3) is 3.98. The van der Waals surface area contributed by atoms with Crippen molar-refractivity contribution in [3.8, 4) is 22.1 Å². The van der Waals surface area contributed by atoms with Gasteiger partial charge < -0.3 is 14.2 Å². The first-order chi connectivity index (χ1) is 12.6. The van der Waals surface area contributed by atoms with E-state index in [9.17, 15) is 4.79 Å². The molecule has 0 radical (unpaired) electrons. The highest BCUT2D eigenvalue weighted by Crippen LogP contribution is 2.32. The standard InChI is InChI=1S/C19H16ClNO4S/c1-23-16-6-4-3-5-14(16)18-21-13(11-26-18)10-25-19(22)15-9-12(20)7-8-17(15)24-2/h3-9,11H,10H2,1-2H3. The SMILES string of the molecule is COc1ccc(Cl)cc1C(=O)OCc1csc(-c2ccccc2OC)n1. The first kappa shape index (κ1) is 18.2. The molecule has 0 unspecified atom stereocenters. The smallest absolute Gasteiger partial charge is 0.342 e. The summed E-state index contributed by atoms with van der Waals surface area (Å²) in [6.45, 7) is 0.0557. The fourth-order valence-corrected chi connectivity index (χ4v) is 3.38. The number of carbonyl (C=O) groups excluding carboxylic acids is 1. The van der Waals surface area contributed by atoms with Gasteiger partial charge in [0.15, 0.2) is 0 Å². The van der Waals surface area contributed by atoms with Gasteiger partial charge in [-0.3, -0.25) is 0 Å². The normalized spacial score (nSPS) is 10.4. The van der Waals surface area contributed by atoms with Crippen LogP contribution in [0.4, 0.5) is 0 Å². The largest absolute Gasteiger partial charge is 0.496 e. The molecule has 0 aliphatic heterocycles. The molecular formula is C19H16ClNO4S. The summed E-state index contributed by atoms with van der Waals surface area (Å²) < 4.78 is 15.9. The second-order valence-electron chi connectivity index (χ2n) is 5.27. The first-order valence-electron chi connectivity index (χ1n) is 7.71. The Morgan fingerprint density at radius 3 is 2.65 bits per heavy atom. The average molecular weight is 390 g/mol.